The molecule has 30 heavy (non-hydrogen) atoms. The molecule has 3 aromatic carbocycles. The fraction of sp³-hybridized carbons (Fsp3) is 0.130. The Morgan fingerprint density at radius 3 is 2.03 bits per heavy atom. The molecule has 7 heteroatoms. The van der Waals surface area contributed by atoms with Gasteiger partial charge in [-0.25, -0.2) is 13.8 Å². The highest BCUT2D eigenvalue weighted by molar-refractivity contribution is 7.92. The molecule has 0 saturated heterocycles. The molecule has 0 radical (unpaired) electrons. The fourth-order valence-corrected chi connectivity index (χ4v) is 3.99. The maximum atomic E-state index is 12.7. The number of nitrogens with one attached hydrogen (secondary N) is 1. The van der Waals surface area contributed by atoms with Crippen molar-refractivity contribution >= 4 is 27.3 Å². The van der Waals surface area contributed by atoms with Crippen LogP contribution in [0.15, 0.2) is 88.9 Å². The summed E-state index contributed by atoms with van der Waals surface area (Å²) in [5, 5.41) is 4.15. The van der Waals surface area contributed by atoms with Crippen molar-refractivity contribution in [3.8, 4) is 0 Å². The Morgan fingerprint density at radius 1 is 0.867 bits per heavy atom. The van der Waals surface area contributed by atoms with E-state index in [9.17, 15) is 13.2 Å². The maximum Gasteiger partial charge on any atom is 0.271 e. The van der Waals surface area contributed by atoms with E-state index in [0.717, 1.165) is 11.1 Å². The van der Waals surface area contributed by atoms with Crippen LogP contribution < -0.4 is 9.73 Å². The number of benzene rings is 3. The summed E-state index contributed by atoms with van der Waals surface area (Å²) < 4.78 is 26.6. The molecular formula is C23H23N3O3S. The highest BCUT2D eigenvalue weighted by Gasteiger charge is 2.21. The van der Waals surface area contributed by atoms with Gasteiger partial charge in [-0.3, -0.25) is 9.10 Å². The Morgan fingerprint density at radius 2 is 1.43 bits per heavy atom. The van der Waals surface area contributed by atoms with Crippen LogP contribution >= 0.6 is 0 Å². The topological polar surface area (TPSA) is 78.8 Å². The molecule has 3 rings (SSSR count). The average Bonchev–Trinajstić information content (AvgIpc) is 2.78. The molecule has 0 fully saturated rings. The predicted molar refractivity (Wildman–Crippen MR) is 119 cm³/mol. The number of anilines is 1. The fourth-order valence-electron chi connectivity index (χ4n) is 2.77. The minimum absolute atomic E-state index is 0.204. The first-order valence-corrected chi connectivity index (χ1v) is 10.8. The third kappa shape index (κ3) is 4.75. The second kappa shape index (κ2) is 8.92. The Bertz CT molecular complexity index is 1150. The van der Waals surface area contributed by atoms with Crippen LogP contribution in [0, 0.1) is 6.92 Å². The Hall–Kier alpha value is -3.45. The van der Waals surface area contributed by atoms with Gasteiger partial charge >= 0.3 is 0 Å². The zero-order valence-electron chi connectivity index (χ0n) is 17.0. The van der Waals surface area contributed by atoms with Gasteiger partial charge in [0.2, 0.25) is 0 Å². The number of aryl methyl sites for hydroxylation is 1. The van der Waals surface area contributed by atoms with Gasteiger partial charge in [-0.05, 0) is 55.8 Å². The van der Waals surface area contributed by atoms with Crippen molar-refractivity contribution < 1.29 is 13.2 Å². The van der Waals surface area contributed by atoms with E-state index in [0.29, 0.717) is 17.0 Å². The van der Waals surface area contributed by atoms with Crippen LogP contribution in [0.2, 0.25) is 0 Å². The lowest BCUT2D eigenvalue weighted by atomic mass is 10.1. The SMILES string of the molecule is C/C(=N\NC(=O)c1ccc(N(C)S(=O)(=O)c2ccccc2)cc1)c1ccc(C)cc1. The minimum Gasteiger partial charge on any atom is -0.269 e. The second-order valence-electron chi connectivity index (χ2n) is 6.84. The number of hydrogen-bond acceptors (Lipinski definition) is 4. The largest absolute Gasteiger partial charge is 0.271 e. The van der Waals surface area contributed by atoms with Crippen LogP contribution in [0.4, 0.5) is 5.69 Å². The number of sulfonamides is 1. The van der Waals surface area contributed by atoms with Gasteiger partial charge in [0, 0.05) is 12.6 Å². The minimum atomic E-state index is -3.67. The summed E-state index contributed by atoms with van der Waals surface area (Å²) in [5.41, 5.74) is 6.12. The van der Waals surface area contributed by atoms with E-state index >= 15 is 0 Å². The van der Waals surface area contributed by atoms with Crippen LogP contribution in [0.5, 0.6) is 0 Å². The van der Waals surface area contributed by atoms with Crippen molar-refractivity contribution in [1.82, 2.24) is 5.43 Å². The zero-order valence-corrected chi connectivity index (χ0v) is 17.8. The third-order valence-corrected chi connectivity index (χ3v) is 6.49. The zero-order chi connectivity index (χ0) is 21.7. The molecule has 0 saturated carbocycles. The molecule has 0 aliphatic heterocycles. The normalized spacial score (nSPS) is 11.8. The lowest BCUT2D eigenvalue weighted by molar-refractivity contribution is 0.0955. The highest BCUT2D eigenvalue weighted by atomic mass is 32.2. The van der Waals surface area contributed by atoms with Crippen LogP contribution in [-0.4, -0.2) is 27.1 Å². The van der Waals surface area contributed by atoms with Crippen molar-refractivity contribution in [1.29, 1.82) is 0 Å². The summed E-state index contributed by atoms with van der Waals surface area (Å²) in [6.07, 6.45) is 0. The summed E-state index contributed by atoms with van der Waals surface area (Å²) >= 11 is 0. The van der Waals surface area contributed by atoms with E-state index in [1.165, 1.54) is 11.4 Å². The first-order valence-electron chi connectivity index (χ1n) is 9.35. The summed E-state index contributed by atoms with van der Waals surface area (Å²) in [5.74, 6) is -0.374. The number of carbonyl (C=O) groups excluding carboxylic acids is 1. The molecule has 6 nitrogen and oxygen atoms in total. The van der Waals surface area contributed by atoms with Crippen molar-refractivity contribution in [2.75, 3.05) is 11.4 Å². The van der Waals surface area contributed by atoms with E-state index in [2.05, 4.69) is 10.5 Å². The van der Waals surface area contributed by atoms with Crippen LogP contribution in [0.1, 0.15) is 28.4 Å². The molecular weight excluding hydrogens is 398 g/mol. The lowest BCUT2D eigenvalue weighted by Gasteiger charge is -2.19. The number of nitrogens with zero attached hydrogens (tertiary/aromatic N) is 2. The number of rotatable bonds is 6. The van der Waals surface area contributed by atoms with Crippen LogP contribution in [0.25, 0.3) is 0 Å². The molecule has 0 aromatic heterocycles. The van der Waals surface area contributed by atoms with E-state index in [-0.39, 0.29) is 10.8 Å². The van der Waals surface area contributed by atoms with E-state index in [4.69, 9.17) is 0 Å². The van der Waals surface area contributed by atoms with Gasteiger partial charge < -0.3 is 0 Å². The van der Waals surface area contributed by atoms with Crippen molar-refractivity contribution in [3.63, 3.8) is 0 Å². The van der Waals surface area contributed by atoms with Gasteiger partial charge in [0.1, 0.15) is 0 Å². The monoisotopic (exact) mass is 421 g/mol. The lowest BCUT2D eigenvalue weighted by Crippen LogP contribution is -2.26. The first kappa shape index (κ1) is 21.3. The summed E-state index contributed by atoms with van der Waals surface area (Å²) in [6.45, 7) is 3.82. The van der Waals surface area contributed by atoms with Crippen LogP contribution in [0.3, 0.4) is 0 Å². The van der Waals surface area contributed by atoms with Gasteiger partial charge in [-0.1, -0.05) is 48.0 Å². The molecule has 0 atom stereocenters. The average molecular weight is 422 g/mol. The Kier molecular flexibility index (Phi) is 6.32. The second-order valence-corrected chi connectivity index (χ2v) is 8.81. The number of amides is 1. The Labute approximate surface area is 176 Å². The number of hydrogen-bond donors (Lipinski definition) is 1. The molecule has 154 valence electrons. The van der Waals surface area contributed by atoms with E-state index in [1.54, 1.807) is 54.6 Å². The molecule has 0 bridgehead atoms. The number of carbonyl (C=O) groups is 1. The van der Waals surface area contributed by atoms with Crippen LogP contribution in [-0.2, 0) is 10.0 Å². The molecule has 1 N–H and O–H groups in total. The quantitative estimate of drug-likeness (QED) is 0.483. The molecule has 0 unspecified atom stereocenters. The molecule has 0 heterocycles. The molecule has 0 aliphatic carbocycles. The summed E-state index contributed by atoms with van der Waals surface area (Å²) in [4.78, 5) is 12.6. The van der Waals surface area contributed by atoms with Crippen molar-refractivity contribution in [3.05, 3.63) is 95.6 Å². The summed E-state index contributed by atoms with van der Waals surface area (Å²) in [6, 6.07) is 22.4. The van der Waals surface area contributed by atoms with Crippen molar-refractivity contribution in [2.24, 2.45) is 5.10 Å². The maximum absolute atomic E-state index is 12.7. The molecule has 0 spiro atoms. The number of hydrazone groups is 1. The third-order valence-electron chi connectivity index (χ3n) is 4.69. The van der Waals surface area contributed by atoms with E-state index < -0.39 is 10.0 Å². The van der Waals surface area contributed by atoms with E-state index in [1.807, 2.05) is 38.1 Å². The first-order chi connectivity index (χ1) is 14.3. The highest BCUT2D eigenvalue weighted by Crippen LogP contribution is 2.22. The molecule has 1 amide bonds. The molecule has 3 aromatic rings. The van der Waals surface area contributed by atoms with Gasteiger partial charge in [-0.2, -0.15) is 5.10 Å². The standard InChI is InChI=1S/C23H23N3O3S/c1-17-9-11-19(12-10-17)18(2)24-25-23(27)20-13-15-21(16-14-20)26(3)30(28,29)22-7-5-4-6-8-22/h4-16H,1-3H3,(H,25,27)/b24-18+. The van der Waals surface area contributed by atoms with Crippen molar-refractivity contribution in [2.45, 2.75) is 18.7 Å². The summed E-state index contributed by atoms with van der Waals surface area (Å²) in [7, 11) is -2.19. The Balaban J connectivity index is 1.71. The van der Waals surface area contributed by atoms with Gasteiger partial charge in [0.15, 0.2) is 0 Å². The smallest absolute Gasteiger partial charge is 0.269 e. The predicted octanol–water partition coefficient (Wildman–Crippen LogP) is 3.97. The van der Waals surface area contributed by atoms with Gasteiger partial charge in [-0.15, -0.1) is 0 Å². The van der Waals surface area contributed by atoms with Gasteiger partial charge in [0.05, 0.1) is 16.3 Å². The molecule has 0 aliphatic rings. The van der Waals surface area contributed by atoms with Gasteiger partial charge in [0.25, 0.3) is 15.9 Å².